The summed E-state index contributed by atoms with van der Waals surface area (Å²) in [7, 11) is 0. The van der Waals surface area contributed by atoms with E-state index in [1.54, 1.807) is 0 Å². The molecule has 252 valence electrons. The van der Waals surface area contributed by atoms with Crippen LogP contribution in [0, 0.1) is 0 Å². The lowest BCUT2D eigenvalue weighted by Gasteiger charge is -2.16. The van der Waals surface area contributed by atoms with Gasteiger partial charge in [0.2, 0.25) is 0 Å². The van der Waals surface area contributed by atoms with Gasteiger partial charge in [0.25, 0.3) is 0 Å². The molecule has 10 aromatic carbocycles. The van der Waals surface area contributed by atoms with E-state index < -0.39 is 0 Å². The Hall–Kier alpha value is -7.43. The van der Waals surface area contributed by atoms with E-state index in [0.717, 1.165) is 54.9 Å². The van der Waals surface area contributed by atoms with Crippen LogP contribution in [0.3, 0.4) is 0 Å². The van der Waals surface area contributed by atoms with Crippen LogP contribution in [-0.4, -0.2) is 15.0 Å². The van der Waals surface area contributed by atoms with E-state index in [2.05, 4.69) is 158 Å². The summed E-state index contributed by atoms with van der Waals surface area (Å²) in [4.78, 5) is 15.7. The summed E-state index contributed by atoms with van der Waals surface area (Å²) in [6, 6.07) is 56.7. The first-order valence-electron chi connectivity index (χ1n) is 18.7. The number of hydrogen-bond donors (Lipinski definition) is 0. The van der Waals surface area contributed by atoms with Gasteiger partial charge < -0.3 is 4.42 Å². The molecule has 0 aliphatic rings. The van der Waals surface area contributed by atoms with Crippen molar-refractivity contribution in [3.63, 3.8) is 0 Å². The lowest BCUT2D eigenvalue weighted by molar-refractivity contribution is 0.667. The van der Waals surface area contributed by atoms with Crippen molar-refractivity contribution in [3.8, 4) is 22.8 Å². The van der Waals surface area contributed by atoms with Crippen LogP contribution in [0.5, 0.6) is 0 Å². The van der Waals surface area contributed by atoms with Gasteiger partial charge in [-0.15, -0.1) is 0 Å². The third kappa shape index (κ3) is 3.97. The molecule has 0 N–H and O–H groups in total. The molecule has 13 rings (SSSR count). The average Bonchev–Trinajstić information content (AvgIpc) is 3.61. The summed E-state index contributed by atoms with van der Waals surface area (Å²) in [5.41, 5.74) is 5.14. The van der Waals surface area contributed by atoms with E-state index in [4.69, 9.17) is 19.4 Å². The molecule has 4 heteroatoms. The minimum atomic E-state index is 0.581. The molecule has 0 amide bonds. The number of aromatic nitrogens is 3. The monoisotopic (exact) mass is 697 g/mol. The molecule has 4 nitrogen and oxygen atoms in total. The molecule has 0 atom stereocenters. The largest absolute Gasteiger partial charge is 0.454 e. The fraction of sp³-hybridized carbons (Fsp3) is 0. The highest BCUT2D eigenvalue weighted by molar-refractivity contribution is 6.29. The van der Waals surface area contributed by atoms with Crippen molar-refractivity contribution >= 4 is 108 Å². The van der Waals surface area contributed by atoms with Crippen molar-refractivity contribution in [2.75, 3.05) is 0 Å². The molecule has 0 aliphatic carbocycles. The number of hydrogen-bond acceptors (Lipinski definition) is 4. The van der Waals surface area contributed by atoms with Gasteiger partial charge in [0.05, 0.1) is 17.4 Å². The van der Waals surface area contributed by atoms with E-state index in [1.807, 2.05) is 6.20 Å². The van der Waals surface area contributed by atoms with Gasteiger partial charge >= 0.3 is 0 Å². The summed E-state index contributed by atoms with van der Waals surface area (Å²) >= 11 is 0. The Balaban J connectivity index is 1.09. The zero-order valence-electron chi connectivity index (χ0n) is 29.3. The Morgan fingerprint density at radius 1 is 0.364 bits per heavy atom. The number of pyridine rings is 1. The Kier molecular flexibility index (Phi) is 5.60. The summed E-state index contributed by atoms with van der Waals surface area (Å²) < 4.78 is 6.52. The van der Waals surface area contributed by atoms with Crippen molar-refractivity contribution < 1.29 is 4.42 Å². The predicted molar refractivity (Wildman–Crippen MR) is 229 cm³/mol. The highest BCUT2D eigenvalue weighted by atomic mass is 16.3. The van der Waals surface area contributed by atoms with Crippen LogP contribution in [0.1, 0.15) is 0 Å². The topological polar surface area (TPSA) is 51.8 Å². The van der Waals surface area contributed by atoms with Crippen LogP contribution in [0.15, 0.2) is 168 Å². The van der Waals surface area contributed by atoms with Gasteiger partial charge in [-0.1, -0.05) is 133 Å². The van der Waals surface area contributed by atoms with Gasteiger partial charge in [0, 0.05) is 21.7 Å². The lowest BCUT2D eigenvalue weighted by Crippen LogP contribution is -1.98. The van der Waals surface area contributed by atoms with Gasteiger partial charge in [-0.3, -0.25) is 0 Å². The van der Waals surface area contributed by atoms with Crippen LogP contribution in [0.4, 0.5) is 0 Å². The summed E-state index contributed by atoms with van der Waals surface area (Å²) in [5, 5.41) is 20.1. The lowest BCUT2D eigenvalue weighted by atomic mass is 9.90. The molecule has 0 unspecified atom stereocenters. The zero-order valence-corrected chi connectivity index (χ0v) is 29.3. The standard InChI is InChI=1S/C51H27N3O/c1-2-11-32-28(8-1)20-23-43-49(32)50(38-22-19-31-17-16-29-9-7-10-30-18-21-37(38)48(31)47(29)30)54-51(53-43)44-25-42-41-24-39-35-14-5-3-12-33(35)34-13-4-6-15-36(34)40(39)26-45(41)55-46(42)27-52-44/h1-27H. The van der Waals surface area contributed by atoms with E-state index in [-0.39, 0.29) is 0 Å². The van der Waals surface area contributed by atoms with E-state index in [0.29, 0.717) is 11.5 Å². The zero-order chi connectivity index (χ0) is 35.8. The van der Waals surface area contributed by atoms with Gasteiger partial charge in [0.1, 0.15) is 11.3 Å². The maximum Gasteiger partial charge on any atom is 0.179 e. The summed E-state index contributed by atoms with van der Waals surface area (Å²) in [6.45, 7) is 0. The summed E-state index contributed by atoms with van der Waals surface area (Å²) in [6.07, 6.45) is 1.83. The second-order valence-electron chi connectivity index (χ2n) is 14.7. The molecule has 0 fully saturated rings. The van der Waals surface area contributed by atoms with Crippen LogP contribution in [0.25, 0.3) is 131 Å². The molecule has 3 aromatic heterocycles. The number of fused-ring (bicyclic) bond motifs is 12. The van der Waals surface area contributed by atoms with Crippen LogP contribution >= 0.6 is 0 Å². The number of nitrogens with zero attached hydrogens (tertiary/aromatic N) is 3. The van der Waals surface area contributed by atoms with Crippen LogP contribution in [-0.2, 0) is 0 Å². The Morgan fingerprint density at radius 2 is 0.964 bits per heavy atom. The molecule has 0 bridgehead atoms. The molecule has 3 heterocycles. The van der Waals surface area contributed by atoms with Crippen molar-refractivity contribution in [1.82, 2.24) is 15.0 Å². The van der Waals surface area contributed by atoms with E-state index in [1.165, 1.54) is 64.6 Å². The minimum absolute atomic E-state index is 0.581. The SMILES string of the molecule is c1ccc2c(c1)ccc1nc(-c3cc4c(cn3)oc3cc5c6ccccc6c6ccccc6c5cc34)nc(-c3ccc4ccc5cccc6ccc3c4c56)c12. The molecule has 0 radical (unpaired) electrons. The van der Waals surface area contributed by atoms with Crippen molar-refractivity contribution in [2.45, 2.75) is 0 Å². The molecule has 0 saturated heterocycles. The average molecular weight is 698 g/mol. The molecular weight excluding hydrogens is 671 g/mol. The highest BCUT2D eigenvalue weighted by Crippen LogP contribution is 2.43. The third-order valence-electron chi connectivity index (χ3n) is 11.8. The van der Waals surface area contributed by atoms with Gasteiger partial charge in [-0.25, -0.2) is 15.0 Å². The van der Waals surface area contributed by atoms with Crippen LogP contribution < -0.4 is 0 Å². The second kappa shape index (κ2) is 10.6. The molecule has 0 saturated carbocycles. The number of rotatable bonds is 2. The molecule has 0 spiro atoms. The first-order valence-corrected chi connectivity index (χ1v) is 18.7. The van der Waals surface area contributed by atoms with Crippen molar-refractivity contribution in [3.05, 3.63) is 164 Å². The maximum atomic E-state index is 6.52. The van der Waals surface area contributed by atoms with E-state index in [9.17, 15) is 0 Å². The first-order chi connectivity index (χ1) is 27.2. The third-order valence-corrected chi connectivity index (χ3v) is 11.8. The Bertz CT molecular complexity index is 3770. The quantitative estimate of drug-likeness (QED) is 0.169. The number of benzene rings is 10. The molecule has 55 heavy (non-hydrogen) atoms. The maximum absolute atomic E-state index is 6.52. The highest BCUT2D eigenvalue weighted by Gasteiger charge is 2.20. The Morgan fingerprint density at radius 3 is 1.75 bits per heavy atom. The second-order valence-corrected chi connectivity index (χ2v) is 14.7. The summed E-state index contributed by atoms with van der Waals surface area (Å²) in [5.74, 6) is 0.581. The van der Waals surface area contributed by atoms with E-state index >= 15 is 0 Å². The first kappa shape index (κ1) is 29.1. The molecule has 13 aromatic rings. The smallest absolute Gasteiger partial charge is 0.179 e. The fourth-order valence-electron chi connectivity index (χ4n) is 9.36. The predicted octanol–water partition coefficient (Wildman–Crippen LogP) is 13.8. The van der Waals surface area contributed by atoms with Crippen molar-refractivity contribution in [1.29, 1.82) is 0 Å². The molecule has 0 aliphatic heterocycles. The van der Waals surface area contributed by atoms with Crippen molar-refractivity contribution in [2.24, 2.45) is 0 Å². The normalized spacial score (nSPS) is 12.4. The van der Waals surface area contributed by atoms with Gasteiger partial charge in [-0.05, 0) is 99.7 Å². The van der Waals surface area contributed by atoms with Gasteiger partial charge in [-0.2, -0.15) is 0 Å². The fourth-order valence-corrected chi connectivity index (χ4v) is 9.36. The number of furan rings is 1. The Labute approximate surface area is 313 Å². The molecular formula is C51H27N3O. The van der Waals surface area contributed by atoms with Gasteiger partial charge in [0.15, 0.2) is 11.4 Å². The minimum Gasteiger partial charge on any atom is -0.454 e. The van der Waals surface area contributed by atoms with Crippen LogP contribution in [0.2, 0.25) is 0 Å².